The van der Waals surface area contributed by atoms with Crippen molar-refractivity contribution in [3.8, 4) is 0 Å². The highest BCUT2D eigenvalue weighted by Crippen LogP contribution is 2.47. The second kappa shape index (κ2) is 6.26. The van der Waals surface area contributed by atoms with Crippen molar-refractivity contribution in [2.45, 2.75) is 57.8 Å². The summed E-state index contributed by atoms with van der Waals surface area (Å²) in [4.78, 5) is 4.71. The zero-order valence-corrected chi connectivity index (χ0v) is 12.7. The molecule has 110 valence electrons. The average molecular weight is 272 g/mol. The van der Waals surface area contributed by atoms with Gasteiger partial charge in [-0.15, -0.1) is 0 Å². The Kier molecular flexibility index (Phi) is 4.40. The van der Waals surface area contributed by atoms with Crippen LogP contribution in [-0.4, -0.2) is 11.5 Å². The molecule has 0 saturated heterocycles. The predicted molar refractivity (Wildman–Crippen MR) is 83.6 cm³/mol. The average Bonchev–Trinajstić information content (AvgIpc) is 2.91. The smallest absolute Gasteiger partial charge is 0.0469 e. The van der Waals surface area contributed by atoms with Crippen molar-refractivity contribution in [3.05, 3.63) is 29.6 Å². The van der Waals surface area contributed by atoms with Gasteiger partial charge in [-0.3, -0.25) is 4.98 Å². The summed E-state index contributed by atoms with van der Waals surface area (Å²) in [6.07, 6.45) is 11.3. The van der Waals surface area contributed by atoms with E-state index in [2.05, 4.69) is 19.1 Å². The van der Waals surface area contributed by atoms with Gasteiger partial charge in [0.25, 0.3) is 0 Å². The SMILES string of the molecule is CCCC1CCC(CN)C(C2CCc3cccnc32)C1. The molecule has 2 aliphatic carbocycles. The van der Waals surface area contributed by atoms with Crippen molar-refractivity contribution in [3.63, 3.8) is 0 Å². The van der Waals surface area contributed by atoms with Gasteiger partial charge in [-0.05, 0) is 61.6 Å². The van der Waals surface area contributed by atoms with Gasteiger partial charge in [0, 0.05) is 17.8 Å². The molecule has 0 amide bonds. The molecular weight excluding hydrogens is 244 g/mol. The molecule has 2 nitrogen and oxygen atoms in total. The first-order valence-corrected chi connectivity index (χ1v) is 8.47. The van der Waals surface area contributed by atoms with E-state index < -0.39 is 0 Å². The lowest BCUT2D eigenvalue weighted by Crippen LogP contribution is -2.34. The summed E-state index contributed by atoms with van der Waals surface area (Å²) in [6, 6.07) is 4.36. The van der Waals surface area contributed by atoms with Crippen LogP contribution in [0.15, 0.2) is 18.3 Å². The standard InChI is InChI=1S/C18H28N2/c1-2-4-13-6-7-15(12-19)17(11-13)16-9-8-14-5-3-10-20-18(14)16/h3,5,10,13,15-17H,2,4,6-9,11-12,19H2,1H3. The third kappa shape index (κ3) is 2.63. The number of nitrogens with zero attached hydrogens (tertiary/aromatic N) is 1. The van der Waals surface area contributed by atoms with Crippen LogP contribution in [0.4, 0.5) is 0 Å². The van der Waals surface area contributed by atoms with Gasteiger partial charge < -0.3 is 5.73 Å². The number of hydrogen-bond acceptors (Lipinski definition) is 2. The van der Waals surface area contributed by atoms with E-state index >= 15 is 0 Å². The fraction of sp³-hybridized carbons (Fsp3) is 0.722. The Labute approximate surface area is 123 Å². The Morgan fingerprint density at radius 2 is 2.20 bits per heavy atom. The molecule has 1 aromatic heterocycles. The van der Waals surface area contributed by atoms with E-state index in [1.54, 1.807) is 0 Å². The van der Waals surface area contributed by atoms with Crippen LogP contribution in [0.5, 0.6) is 0 Å². The third-order valence-corrected chi connectivity index (χ3v) is 5.68. The molecule has 0 aliphatic heterocycles. The molecule has 0 bridgehead atoms. The van der Waals surface area contributed by atoms with Gasteiger partial charge in [0.05, 0.1) is 0 Å². The summed E-state index contributed by atoms with van der Waals surface area (Å²) in [6.45, 7) is 3.18. The molecule has 1 heterocycles. The van der Waals surface area contributed by atoms with Crippen LogP contribution in [0.1, 0.15) is 62.6 Å². The molecule has 1 fully saturated rings. The third-order valence-electron chi connectivity index (χ3n) is 5.68. The minimum atomic E-state index is 0.680. The Morgan fingerprint density at radius 3 is 3.00 bits per heavy atom. The lowest BCUT2D eigenvalue weighted by Gasteiger charge is -2.39. The van der Waals surface area contributed by atoms with Crippen LogP contribution in [0, 0.1) is 17.8 Å². The van der Waals surface area contributed by atoms with E-state index in [1.165, 1.54) is 56.2 Å². The zero-order valence-electron chi connectivity index (χ0n) is 12.7. The maximum Gasteiger partial charge on any atom is 0.0469 e. The molecule has 20 heavy (non-hydrogen) atoms. The summed E-state index contributed by atoms with van der Waals surface area (Å²) in [7, 11) is 0. The van der Waals surface area contributed by atoms with Crippen molar-refractivity contribution >= 4 is 0 Å². The van der Waals surface area contributed by atoms with Gasteiger partial charge in [-0.1, -0.05) is 32.3 Å². The number of pyridine rings is 1. The van der Waals surface area contributed by atoms with Crippen LogP contribution in [0.3, 0.4) is 0 Å². The van der Waals surface area contributed by atoms with Crippen LogP contribution >= 0.6 is 0 Å². The van der Waals surface area contributed by atoms with Gasteiger partial charge in [-0.25, -0.2) is 0 Å². The number of aryl methyl sites for hydroxylation is 1. The first-order valence-electron chi connectivity index (χ1n) is 8.47. The van der Waals surface area contributed by atoms with Crippen molar-refractivity contribution in [1.29, 1.82) is 0 Å². The molecule has 1 aromatic rings. The van der Waals surface area contributed by atoms with Gasteiger partial charge in [0.15, 0.2) is 0 Å². The van der Waals surface area contributed by atoms with E-state index in [1.807, 2.05) is 6.20 Å². The molecule has 4 atom stereocenters. The second-order valence-electron chi connectivity index (χ2n) is 6.82. The maximum atomic E-state index is 6.08. The molecule has 3 rings (SSSR count). The van der Waals surface area contributed by atoms with E-state index in [4.69, 9.17) is 10.7 Å². The fourth-order valence-electron chi connectivity index (χ4n) is 4.68. The minimum Gasteiger partial charge on any atom is -0.330 e. The molecule has 2 aliphatic rings. The van der Waals surface area contributed by atoms with Gasteiger partial charge in [0.2, 0.25) is 0 Å². The normalized spacial score (nSPS) is 33.1. The van der Waals surface area contributed by atoms with E-state index in [-0.39, 0.29) is 0 Å². The van der Waals surface area contributed by atoms with Crippen LogP contribution in [0.25, 0.3) is 0 Å². The van der Waals surface area contributed by atoms with Crippen molar-refractivity contribution in [2.24, 2.45) is 23.5 Å². The van der Waals surface area contributed by atoms with Gasteiger partial charge in [0.1, 0.15) is 0 Å². The monoisotopic (exact) mass is 272 g/mol. The minimum absolute atomic E-state index is 0.680. The Morgan fingerprint density at radius 1 is 1.30 bits per heavy atom. The zero-order chi connectivity index (χ0) is 13.9. The lowest BCUT2D eigenvalue weighted by atomic mass is 9.67. The number of nitrogens with two attached hydrogens (primary N) is 1. The highest BCUT2D eigenvalue weighted by atomic mass is 14.7. The molecule has 1 saturated carbocycles. The lowest BCUT2D eigenvalue weighted by molar-refractivity contribution is 0.148. The first kappa shape index (κ1) is 14.1. The predicted octanol–water partition coefficient (Wildman–Crippen LogP) is 3.90. The van der Waals surface area contributed by atoms with E-state index in [0.717, 1.165) is 24.3 Å². The second-order valence-corrected chi connectivity index (χ2v) is 6.82. The molecule has 0 radical (unpaired) electrons. The molecule has 4 unspecified atom stereocenters. The van der Waals surface area contributed by atoms with Crippen molar-refractivity contribution in [2.75, 3.05) is 6.54 Å². The van der Waals surface area contributed by atoms with Gasteiger partial charge in [-0.2, -0.15) is 0 Å². The van der Waals surface area contributed by atoms with Crippen LogP contribution < -0.4 is 5.73 Å². The topological polar surface area (TPSA) is 38.9 Å². The van der Waals surface area contributed by atoms with E-state index in [0.29, 0.717) is 5.92 Å². The fourth-order valence-corrected chi connectivity index (χ4v) is 4.68. The highest BCUT2D eigenvalue weighted by molar-refractivity contribution is 5.29. The summed E-state index contributed by atoms with van der Waals surface area (Å²) in [5.41, 5.74) is 8.97. The molecule has 2 heteroatoms. The first-order chi connectivity index (χ1) is 9.83. The molecule has 2 N–H and O–H groups in total. The van der Waals surface area contributed by atoms with Gasteiger partial charge >= 0.3 is 0 Å². The van der Waals surface area contributed by atoms with Crippen molar-refractivity contribution < 1.29 is 0 Å². The Hall–Kier alpha value is -0.890. The van der Waals surface area contributed by atoms with Crippen molar-refractivity contribution in [1.82, 2.24) is 4.98 Å². The summed E-state index contributed by atoms with van der Waals surface area (Å²) in [5, 5.41) is 0. The molecular formula is C18H28N2. The number of rotatable bonds is 4. The largest absolute Gasteiger partial charge is 0.330 e. The summed E-state index contributed by atoms with van der Waals surface area (Å²) < 4.78 is 0. The van der Waals surface area contributed by atoms with Crippen LogP contribution in [0.2, 0.25) is 0 Å². The highest BCUT2D eigenvalue weighted by Gasteiger charge is 2.38. The number of hydrogen-bond donors (Lipinski definition) is 1. The molecule has 0 aromatic carbocycles. The maximum absolute atomic E-state index is 6.08. The Bertz CT molecular complexity index is 443. The summed E-state index contributed by atoms with van der Waals surface area (Å²) >= 11 is 0. The van der Waals surface area contributed by atoms with E-state index in [9.17, 15) is 0 Å². The number of aromatic nitrogens is 1. The Balaban J connectivity index is 1.79. The van der Waals surface area contributed by atoms with Crippen LogP contribution in [-0.2, 0) is 6.42 Å². The quantitative estimate of drug-likeness (QED) is 0.902. The molecule has 0 spiro atoms. The summed E-state index contributed by atoms with van der Waals surface area (Å²) in [5.74, 6) is 3.11. The number of fused-ring (bicyclic) bond motifs is 1.